The van der Waals surface area contributed by atoms with Crippen LogP contribution in [0.5, 0.6) is 0 Å². The van der Waals surface area contributed by atoms with E-state index in [0.717, 1.165) is 31.1 Å². The minimum absolute atomic E-state index is 0.0192. The van der Waals surface area contributed by atoms with Crippen molar-refractivity contribution < 1.29 is 14.2 Å². The van der Waals surface area contributed by atoms with E-state index in [1.165, 1.54) is 6.07 Å². The number of nitrogens with zero attached hydrogens (tertiary/aromatic N) is 2. The summed E-state index contributed by atoms with van der Waals surface area (Å²) in [6.07, 6.45) is 1.61. The lowest BCUT2D eigenvalue weighted by Gasteiger charge is -2.27. The van der Waals surface area contributed by atoms with Gasteiger partial charge in [0.2, 0.25) is 0 Å². The largest absolute Gasteiger partial charge is 0.396 e. The zero-order valence-corrected chi connectivity index (χ0v) is 16.7. The number of halogens is 1. The maximum Gasteiger partial charge on any atom is 0.191 e. The standard InChI is InChI=1S/C20H33FN4O2/c1-4-22-19(24-14-20(8-10-26)9-11-27-15-20)23-13-18(25(2)3)16-6-5-7-17(21)12-16/h5-7,12,18,26H,4,8-11,13-15H2,1-3H3,(H2,22,23,24). The van der Waals surface area contributed by atoms with Crippen LogP contribution < -0.4 is 10.6 Å². The SMILES string of the molecule is CCNC(=NCC1(CCO)CCOC1)NCC(c1cccc(F)c1)N(C)C. The fourth-order valence-corrected chi connectivity index (χ4v) is 3.38. The highest BCUT2D eigenvalue weighted by atomic mass is 19.1. The molecule has 0 aromatic heterocycles. The maximum absolute atomic E-state index is 13.6. The molecular formula is C20H33FN4O2. The van der Waals surface area contributed by atoms with Gasteiger partial charge in [0.15, 0.2) is 5.96 Å². The van der Waals surface area contributed by atoms with Crippen LogP contribution in [-0.4, -0.2) is 69.5 Å². The van der Waals surface area contributed by atoms with Crippen LogP contribution in [0.1, 0.15) is 31.4 Å². The number of aliphatic hydroxyl groups is 1. The Morgan fingerprint density at radius 3 is 2.81 bits per heavy atom. The number of hydrogen-bond donors (Lipinski definition) is 3. The maximum atomic E-state index is 13.6. The summed E-state index contributed by atoms with van der Waals surface area (Å²) in [5.41, 5.74) is 0.838. The van der Waals surface area contributed by atoms with E-state index in [-0.39, 0.29) is 23.9 Å². The Labute approximate surface area is 161 Å². The summed E-state index contributed by atoms with van der Waals surface area (Å²) < 4.78 is 19.2. The number of guanidine groups is 1. The minimum atomic E-state index is -0.230. The quantitative estimate of drug-likeness (QED) is 0.450. The molecule has 1 aliphatic heterocycles. The molecule has 1 aliphatic rings. The normalized spacial score (nSPS) is 21.5. The smallest absolute Gasteiger partial charge is 0.191 e. The number of aliphatic hydroxyl groups excluding tert-OH is 1. The molecule has 1 heterocycles. The van der Waals surface area contributed by atoms with E-state index in [4.69, 9.17) is 9.73 Å². The molecule has 2 rings (SSSR count). The van der Waals surface area contributed by atoms with Gasteiger partial charge >= 0.3 is 0 Å². The fraction of sp³-hybridized carbons (Fsp3) is 0.650. The van der Waals surface area contributed by atoms with Crippen molar-refractivity contribution in [2.45, 2.75) is 25.8 Å². The van der Waals surface area contributed by atoms with Gasteiger partial charge in [0.1, 0.15) is 5.82 Å². The Morgan fingerprint density at radius 2 is 2.22 bits per heavy atom. The zero-order valence-electron chi connectivity index (χ0n) is 16.7. The third-order valence-electron chi connectivity index (χ3n) is 5.06. The Hall–Kier alpha value is -1.70. The first-order chi connectivity index (χ1) is 13.0. The molecule has 2 unspecified atom stereocenters. The number of ether oxygens (including phenoxy) is 1. The van der Waals surface area contributed by atoms with Gasteiger partial charge < -0.3 is 25.4 Å². The molecule has 6 nitrogen and oxygen atoms in total. The number of likely N-dealkylation sites (N-methyl/N-ethyl adjacent to an activating group) is 1. The van der Waals surface area contributed by atoms with Crippen molar-refractivity contribution in [1.29, 1.82) is 0 Å². The predicted molar refractivity (Wildman–Crippen MR) is 106 cm³/mol. The van der Waals surface area contributed by atoms with Crippen LogP contribution in [0.2, 0.25) is 0 Å². The molecule has 1 aromatic carbocycles. The van der Waals surface area contributed by atoms with E-state index in [9.17, 15) is 9.50 Å². The lowest BCUT2D eigenvalue weighted by molar-refractivity contribution is 0.131. The summed E-state index contributed by atoms with van der Waals surface area (Å²) >= 11 is 0. The summed E-state index contributed by atoms with van der Waals surface area (Å²) in [7, 11) is 3.96. The zero-order chi connectivity index (χ0) is 19.7. The molecular weight excluding hydrogens is 347 g/mol. The van der Waals surface area contributed by atoms with Crippen molar-refractivity contribution in [1.82, 2.24) is 15.5 Å². The topological polar surface area (TPSA) is 69.1 Å². The molecule has 0 aliphatic carbocycles. The van der Waals surface area contributed by atoms with Crippen molar-refractivity contribution in [2.75, 3.05) is 53.6 Å². The van der Waals surface area contributed by atoms with E-state index in [1.54, 1.807) is 12.1 Å². The van der Waals surface area contributed by atoms with E-state index in [0.29, 0.717) is 26.1 Å². The lowest BCUT2D eigenvalue weighted by Crippen LogP contribution is -2.42. The first-order valence-electron chi connectivity index (χ1n) is 9.62. The molecule has 0 spiro atoms. The van der Waals surface area contributed by atoms with Crippen molar-refractivity contribution in [3.8, 4) is 0 Å². The molecule has 1 aromatic rings. The van der Waals surface area contributed by atoms with Gasteiger partial charge in [-0.3, -0.25) is 4.99 Å². The van der Waals surface area contributed by atoms with Gasteiger partial charge in [0.05, 0.1) is 19.2 Å². The second kappa shape index (κ2) is 10.6. The van der Waals surface area contributed by atoms with Crippen molar-refractivity contribution in [3.63, 3.8) is 0 Å². The number of nitrogens with one attached hydrogen (secondary N) is 2. The van der Waals surface area contributed by atoms with Gasteiger partial charge in [0, 0.05) is 31.7 Å². The lowest BCUT2D eigenvalue weighted by atomic mass is 9.84. The van der Waals surface area contributed by atoms with E-state index < -0.39 is 0 Å². The monoisotopic (exact) mass is 380 g/mol. The number of hydrogen-bond acceptors (Lipinski definition) is 4. The molecule has 1 fully saturated rings. The van der Waals surface area contributed by atoms with Crippen LogP contribution in [0.25, 0.3) is 0 Å². The van der Waals surface area contributed by atoms with Crippen molar-refractivity contribution in [3.05, 3.63) is 35.6 Å². The number of rotatable bonds is 9. The predicted octanol–water partition coefficient (Wildman–Crippen LogP) is 1.77. The summed E-state index contributed by atoms with van der Waals surface area (Å²) in [5.74, 6) is 0.497. The van der Waals surface area contributed by atoms with Gasteiger partial charge in [-0.1, -0.05) is 12.1 Å². The van der Waals surface area contributed by atoms with E-state index in [2.05, 4.69) is 15.5 Å². The van der Waals surface area contributed by atoms with Crippen LogP contribution in [0.4, 0.5) is 4.39 Å². The van der Waals surface area contributed by atoms with Gasteiger partial charge in [-0.05, 0) is 51.6 Å². The molecule has 27 heavy (non-hydrogen) atoms. The Morgan fingerprint density at radius 1 is 1.41 bits per heavy atom. The summed E-state index contributed by atoms with van der Waals surface area (Å²) in [6, 6.07) is 6.72. The van der Waals surface area contributed by atoms with Crippen LogP contribution in [-0.2, 0) is 4.74 Å². The van der Waals surface area contributed by atoms with E-state index in [1.807, 2.05) is 27.1 Å². The Balaban J connectivity index is 2.05. The van der Waals surface area contributed by atoms with Crippen molar-refractivity contribution >= 4 is 5.96 Å². The van der Waals surface area contributed by atoms with Gasteiger partial charge in [-0.25, -0.2) is 4.39 Å². The highest BCUT2D eigenvalue weighted by molar-refractivity contribution is 5.79. The van der Waals surface area contributed by atoms with Crippen LogP contribution in [0, 0.1) is 11.2 Å². The molecule has 0 saturated carbocycles. The highest BCUT2D eigenvalue weighted by Crippen LogP contribution is 2.32. The molecule has 2 atom stereocenters. The number of benzene rings is 1. The number of aliphatic imine (C=N–C) groups is 1. The van der Waals surface area contributed by atoms with Crippen LogP contribution in [0.15, 0.2) is 29.3 Å². The molecule has 152 valence electrons. The van der Waals surface area contributed by atoms with Gasteiger partial charge in [-0.15, -0.1) is 0 Å². The summed E-state index contributed by atoms with van der Waals surface area (Å²) in [6.45, 7) is 5.49. The molecule has 0 bridgehead atoms. The molecule has 1 saturated heterocycles. The highest BCUT2D eigenvalue weighted by Gasteiger charge is 2.34. The Bertz CT molecular complexity index is 603. The van der Waals surface area contributed by atoms with Gasteiger partial charge in [0.25, 0.3) is 0 Å². The molecule has 3 N–H and O–H groups in total. The first kappa shape index (κ1) is 21.6. The summed E-state index contributed by atoms with van der Waals surface area (Å²) in [5, 5.41) is 16.0. The fourth-order valence-electron chi connectivity index (χ4n) is 3.38. The average Bonchev–Trinajstić information content (AvgIpc) is 3.09. The van der Waals surface area contributed by atoms with Crippen molar-refractivity contribution in [2.24, 2.45) is 10.4 Å². The molecule has 7 heteroatoms. The second-order valence-corrected chi connectivity index (χ2v) is 7.39. The average molecular weight is 381 g/mol. The second-order valence-electron chi connectivity index (χ2n) is 7.39. The third kappa shape index (κ3) is 6.45. The molecule has 0 amide bonds. The summed E-state index contributed by atoms with van der Waals surface area (Å²) in [4.78, 5) is 6.80. The minimum Gasteiger partial charge on any atom is -0.396 e. The molecule has 0 radical (unpaired) electrons. The third-order valence-corrected chi connectivity index (χ3v) is 5.06. The van der Waals surface area contributed by atoms with Gasteiger partial charge in [-0.2, -0.15) is 0 Å². The van der Waals surface area contributed by atoms with Crippen LogP contribution >= 0.6 is 0 Å². The first-order valence-corrected chi connectivity index (χ1v) is 9.62. The van der Waals surface area contributed by atoms with Crippen LogP contribution in [0.3, 0.4) is 0 Å². The van der Waals surface area contributed by atoms with E-state index >= 15 is 0 Å². The Kier molecular flexibility index (Phi) is 8.47.